The van der Waals surface area contributed by atoms with Crippen LogP contribution in [0.1, 0.15) is 39.5 Å². The van der Waals surface area contributed by atoms with Crippen molar-refractivity contribution in [1.82, 2.24) is 5.32 Å². The largest absolute Gasteiger partial charge is 0.315 e. The van der Waals surface area contributed by atoms with Gasteiger partial charge >= 0.3 is 0 Å². The highest BCUT2D eigenvalue weighted by Gasteiger charge is 2.17. The summed E-state index contributed by atoms with van der Waals surface area (Å²) in [5.41, 5.74) is 0. The smallest absolute Gasteiger partial charge is 0.0463 e. The molecule has 0 spiro atoms. The molecule has 1 unspecified atom stereocenters. The van der Waals surface area contributed by atoms with Gasteiger partial charge < -0.3 is 5.32 Å². The Morgan fingerprint density at radius 2 is 2.08 bits per heavy atom. The Morgan fingerprint density at radius 1 is 1.38 bits per heavy atom. The second-order valence-corrected chi connectivity index (χ2v) is 5.30. The Kier molecular flexibility index (Phi) is 5.12. The summed E-state index contributed by atoms with van der Waals surface area (Å²) in [5.74, 6) is 1.66. The van der Waals surface area contributed by atoms with Crippen LogP contribution in [0.15, 0.2) is 0 Å². The van der Waals surface area contributed by atoms with Crippen LogP contribution < -0.4 is 5.32 Å². The van der Waals surface area contributed by atoms with E-state index < -0.39 is 0 Å². The van der Waals surface area contributed by atoms with Crippen LogP contribution in [-0.2, 0) is 0 Å². The molecule has 1 aliphatic carbocycles. The third kappa shape index (κ3) is 4.87. The Bertz CT molecular complexity index is 132. The summed E-state index contributed by atoms with van der Waals surface area (Å²) >= 11 is 6.16. The average molecular weight is 204 g/mol. The van der Waals surface area contributed by atoms with Crippen LogP contribution >= 0.6 is 11.6 Å². The van der Waals surface area contributed by atoms with E-state index >= 15 is 0 Å². The third-order valence-corrected chi connectivity index (χ3v) is 3.08. The zero-order valence-electron chi connectivity index (χ0n) is 8.85. The molecule has 13 heavy (non-hydrogen) atoms. The summed E-state index contributed by atoms with van der Waals surface area (Å²) in [5, 5.41) is 3.78. The fraction of sp³-hybridized carbons (Fsp3) is 1.00. The molecule has 78 valence electrons. The van der Waals surface area contributed by atoms with Gasteiger partial charge in [-0.15, -0.1) is 11.6 Å². The lowest BCUT2D eigenvalue weighted by Crippen LogP contribution is -2.31. The summed E-state index contributed by atoms with van der Waals surface area (Å²) < 4.78 is 0. The van der Waals surface area contributed by atoms with E-state index in [-0.39, 0.29) is 0 Å². The van der Waals surface area contributed by atoms with Crippen molar-refractivity contribution in [3.05, 3.63) is 0 Å². The van der Waals surface area contributed by atoms with Crippen molar-refractivity contribution in [3.8, 4) is 0 Å². The second-order valence-electron chi connectivity index (χ2n) is 4.68. The molecular weight excluding hydrogens is 182 g/mol. The van der Waals surface area contributed by atoms with Gasteiger partial charge in [0.1, 0.15) is 0 Å². The van der Waals surface area contributed by atoms with Gasteiger partial charge in [0, 0.05) is 11.9 Å². The molecule has 1 fully saturated rings. The molecule has 1 rings (SSSR count). The number of alkyl halides is 1. The molecule has 0 aliphatic heterocycles. The second kappa shape index (κ2) is 5.87. The van der Waals surface area contributed by atoms with Crippen LogP contribution in [-0.4, -0.2) is 18.5 Å². The lowest BCUT2D eigenvalue weighted by atomic mass is 9.85. The predicted octanol–water partition coefficient (Wildman–Crippen LogP) is 3.03. The van der Waals surface area contributed by atoms with Gasteiger partial charge in [-0.05, 0) is 37.6 Å². The van der Waals surface area contributed by atoms with Crippen LogP contribution in [0, 0.1) is 11.8 Å². The molecule has 0 aromatic rings. The molecule has 0 bridgehead atoms. The summed E-state index contributed by atoms with van der Waals surface area (Å²) in [6.07, 6.45) is 5.40. The van der Waals surface area contributed by atoms with Crippen LogP contribution in [0.25, 0.3) is 0 Å². The average Bonchev–Trinajstić information content (AvgIpc) is 1.92. The van der Waals surface area contributed by atoms with Gasteiger partial charge in [0.25, 0.3) is 0 Å². The maximum Gasteiger partial charge on any atom is 0.0463 e. The van der Waals surface area contributed by atoms with E-state index in [9.17, 15) is 0 Å². The predicted molar refractivity (Wildman–Crippen MR) is 59.3 cm³/mol. The highest BCUT2D eigenvalue weighted by atomic mass is 35.5. The molecule has 1 saturated carbocycles. The van der Waals surface area contributed by atoms with Gasteiger partial charge in [0.2, 0.25) is 0 Å². The molecule has 0 radical (unpaired) electrons. The SMILES string of the molecule is CC(C)CC(Cl)CNCC1CCC1. The maximum absolute atomic E-state index is 6.16. The van der Waals surface area contributed by atoms with Crippen LogP contribution in [0.5, 0.6) is 0 Å². The zero-order valence-corrected chi connectivity index (χ0v) is 9.61. The standard InChI is InChI=1S/C11H22ClN/c1-9(2)6-11(12)8-13-7-10-4-3-5-10/h9-11,13H,3-8H2,1-2H3. The summed E-state index contributed by atoms with van der Waals surface area (Å²) in [4.78, 5) is 0. The number of hydrogen-bond acceptors (Lipinski definition) is 1. The normalized spacial score (nSPS) is 20.3. The topological polar surface area (TPSA) is 12.0 Å². The molecule has 0 aromatic heterocycles. The van der Waals surface area contributed by atoms with Crippen molar-refractivity contribution in [2.24, 2.45) is 11.8 Å². The van der Waals surface area contributed by atoms with Crippen molar-refractivity contribution >= 4 is 11.6 Å². The summed E-state index contributed by atoms with van der Waals surface area (Å²) in [6.45, 7) is 6.61. The fourth-order valence-corrected chi connectivity index (χ4v) is 2.20. The van der Waals surface area contributed by atoms with Gasteiger partial charge in [-0.25, -0.2) is 0 Å². The minimum atomic E-state index is 0.320. The molecule has 1 N–H and O–H groups in total. The number of nitrogens with one attached hydrogen (secondary N) is 1. The lowest BCUT2D eigenvalue weighted by molar-refractivity contribution is 0.301. The Labute approximate surface area is 87.2 Å². The first-order valence-electron chi connectivity index (χ1n) is 5.53. The third-order valence-electron chi connectivity index (χ3n) is 2.75. The molecule has 0 amide bonds. The van der Waals surface area contributed by atoms with Gasteiger partial charge in [0.05, 0.1) is 0 Å². The van der Waals surface area contributed by atoms with Crippen LogP contribution in [0.2, 0.25) is 0 Å². The molecule has 1 atom stereocenters. The van der Waals surface area contributed by atoms with Crippen molar-refractivity contribution in [1.29, 1.82) is 0 Å². The highest BCUT2D eigenvalue weighted by molar-refractivity contribution is 6.20. The molecule has 1 aliphatic rings. The number of halogens is 1. The number of rotatable bonds is 6. The van der Waals surface area contributed by atoms with E-state index in [0.717, 1.165) is 18.9 Å². The molecule has 1 nitrogen and oxygen atoms in total. The van der Waals surface area contributed by atoms with Crippen molar-refractivity contribution < 1.29 is 0 Å². The van der Waals surface area contributed by atoms with E-state index in [0.29, 0.717) is 11.3 Å². The highest BCUT2D eigenvalue weighted by Crippen LogP contribution is 2.25. The van der Waals surface area contributed by atoms with E-state index in [2.05, 4.69) is 19.2 Å². The van der Waals surface area contributed by atoms with Gasteiger partial charge in [-0.3, -0.25) is 0 Å². The van der Waals surface area contributed by atoms with E-state index in [1.807, 2.05) is 0 Å². The first-order chi connectivity index (χ1) is 6.18. The molecule has 0 saturated heterocycles. The molecular formula is C11H22ClN. The van der Waals surface area contributed by atoms with E-state index in [1.165, 1.54) is 25.8 Å². The van der Waals surface area contributed by atoms with Gasteiger partial charge in [-0.1, -0.05) is 20.3 Å². The van der Waals surface area contributed by atoms with Crippen molar-refractivity contribution in [2.75, 3.05) is 13.1 Å². The lowest BCUT2D eigenvalue weighted by Gasteiger charge is -2.26. The van der Waals surface area contributed by atoms with Crippen molar-refractivity contribution in [2.45, 2.75) is 44.9 Å². The first kappa shape index (κ1) is 11.3. The molecule has 0 aromatic carbocycles. The molecule has 2 heteroatoms. The summed E-state index contributed by atoms with van der Waals surface area (Å²) in [7, 11) is 0. The van der Waals surface area contributed by atoms with E-state index in [1.54, 1.807) is 0 Å². The first-order valence-corrected chi connectivity index (χ1v) is 5.97. The van der Waals surface area contributed by atoms with Gasteiger partial charge in [-0.2, -0.15) is 0 Å². The van der Waals surface area contributed by atoms with Crippen molar-refractivity contribution in [3.63, 3.8) is 0 Å². The Hall–Kier alpha value is 0.250. The minimum Gasteiger partial charge on any atom is -0.315 e. The monoisotopic (exact) mass is 203 g/mol. The quantitative estimate of drug-likeness (QED) is 0.655. The Morgan fingerprint density at radius 3 is 2.54 bits per heavy atom. The molecule has 0 heterocycles. The zero-order chi connectivity index (χ0) is 9.68. The van der Waals surface area contributed by atoms with Crippen LogP contribution in [0.4, 0.5) is 0 Å². The minimum absolute atomic E-state index is 0.320. The number of hydrogen-bond donors (Lipinski definition) is 1. The summed E-state index contributed by atoms with van der Waals surface area (Å²) in [6, 6.07) is 0. The van der Waals surface area contributed by atoms with E-state index in [4.69, 9.17) is 11.6 Å². The maximum atomic E-state index is 6.16. The Balaban J connectivity index is 1.91. The fourth-order valence-electron chi connectivity index (χ4n) is 1.74. The van der Waals surface area contributed by atoms with Gasteiger partial charge in [0.15, 0.2) is 0 Å². The van der Waals surface area contributed by atoms with Crippen LogP contribution in [0.3, 0.4) is 0 Å².